The SMILES string of the molecule is CC1(C)c2ccccc2-c2c(-c3ccc(-c4ccc(N(c5ccc(-c6cccc7ccccc67)cc5)c5ccccc5-c5ccccc5)cc4)cc3-c3ccccc3)cccc21. The zero-order valence-corrected chi connectivity index (χ0v) is 35.0. The van der Waals surface area contributed by atoms with Gasteiger partial charge in [-0.05, 0) is 119 Å². The Morgan fingerprint density at radius 2 is 0.806 bits per heavy atom. The van der Waals surface area contributed by atoms with Crippen molar-refractivity contribution in [1.82, 2.24) is 0 Å². The van der Waals surface area contributed by atoms with Gasteiger partial charge in [0.05, 0.1) is 5.69 Å². The molecule has 0 radical (unpaired) electrons. The van der Waals surface area contributed by atoms with Gasteiger partial charge >= 0.3 is 0 Å². The molecule has 0 spiro atoms. The van der Waals surface area contributed by atoms with Gasteiger partial charge in [-0.1, -0.05) is 214 Å². The molecule has 0 saturated carbocycles. The summed E-state index contributed by atoms with van der Waals surface area (Å²) in [6.07, 6.45) is 0. The summed E-state index contributed by atoms with van der Waals surface area (Å²) in [5.41, 5.74) is 20.8. The van der Waals surface area contributed by atoms with Gasteiger partial charge in [0.2, 0.25) is 0 Å². The van der Waals surface area contributed by atoms with Crippen molar-refractivity contribution in [2.75, 3.05) is 4.90 Å². The molecular weight excluding hydrogens is 747 g/mol. The number of nitrogens with zero attached hydrogens (tertiary/aromatic N) is 1. The van der Waals surface area contributed by atoms with E-state index in [0.717, 1.165) is 17.1 Å². The minimum atomic E-state index is -0.0646. The molecule has 0 saturated heterocycles. The minimum absolute atomic E-state index is 0.0646. The van der Waals surface area contributed by atoms with Crippen LogP contribution in [-0.2, 0) is 5.41 Å². The lowest BCUT2D eigenvalue weighted by molar-refractivity contribution is 0.660. The minimum Gasteiger partial charge on any atom is -0.310 e. The lowest BCUT2D eigenvalue weighted by atomic mass is 9.81. The van der Waals surface area contributed by atoms with E-state index < -0.39 is 0 Å². The molecule has 11 rings (SSSR count). The zero-order chi connectivity index (χ0) is 41.6. The Balaban J connectivity index is 1.02. The molecule has 0 atom stereocenters. The summed E-state index contributed by atoms with van der Waals surface area (Å²) in [5.74, 6) is 0. The van der Waals surface area contributed by atoms with Crippen LogP contribution in [0.5, 0.6) is 0 Å². The Morgan fingerprint density at radius 3 is 1.55 bits per heavy atom. The monoisotopic (exact) mass is 791 g/mol. The van der Waals surface area contributed by atoms with Crippen molar-refractivity contribution in [3.8, 4) is 66.8 Å². The Hall–Kier alpha value is -7.74. The summed E-state index contributed by atoms with van der Waals surface area (Å²) in [5, 5.41) is 2.51. The molecule has 1 nitrogen and oxygen atoms in total. The smallest absolute Gasteiger partial charge is 0.0540 e. The number of hydrogen-bond donors (Lipinski definition) is 0. The molecular formula is C61H45N. The highest BCUT2D eigenvalue weighted by atomic mass is 15.1. The Bertz CT molecular complexity index is 3230. The van der Waals surface area contributed by atoms with Gasteiger partial charge in [0.1, 0.15) is 0 Å². The van der Waals surface area contributed by atoms with E-state index in [1.54, 1.807) is 0 Å². The van der Waals surface area contributed by atoms with Crippen LogP contribution in [0.3, 0.4) is 0 Å². The van der Waals surface area contributed by atoms with E-state index in [4.69, 9.17) is 0 Å². The lowest BCUT2D eigenvalue weighted by Gasteiger charge is -2.28. The topological polar surface area (TPSA) is 3.24 Å². The summed E-state index contributed by atoms with van der Waals surface area (Å²) >= 11 is 0. The first kappa shape index (κ1) is 37.3. The van der Waals surface area contributed by atoms with Crippen molar-refractivity contribution in [1.29, 1.82) is 0 Å². The molecule has 0 aromatic heterocycles. The van der Waals surface area contributed by atoms with Crippen molar-refractivity contribution in [3.63, 3.8) is 0 Å². The van der Waals surface area contributed by atoms with E-state index in [0.29, 0.717) is 0 Å². The fourth-order valence-corrected chi connectivity index (χ4v) is 9.82. The lowest BCUT2D eigenvalue weighted by Crippen LogP contribution is -2.14. The van der Waals surface area contributed by atoms with E-state index in [1.807, 2.05) is 0 Å². The molecule has 0 amide bonds. The third-order valence-electron chi connectivity index (χ3n) is 12.9. The average molecular weight is 792 g/mol. The van der Waals surface area contributed by atoms with E-state index in [1.165, 1.54) is 88.7 Å². The van der Waals surface area contributed by atoms with Gasteiger partial charge < -0.3 is 4.90 Å². The second kappa shape index (κ2) is 15.4. The van der Waals surface area contributed by atoms with Crippen molar-refractivity contribution < 1.29 is 0 Å². The summed E-state index contributed by atoms with van der Waals surface area (Å²) < 4.78 is 0. The quantitative estimate of drug-likeness (QED) is 0.148. The molecule has 1 heteroatoms. The highest BCUT2D eigenvalue weighted by molar-refractivity contribution is 5.99. The third kappa shape index (κ3) is 6.42. The maximum Gasteiger partial charge on any atom is 0.0540 e. The first-order valence-electron chi connectivity index (χ1n) is 21.6. The molecule has 1 aliphatic carbocycles. The first-order chi connectivity index (χ1) is 30.5. The number of anilines is 3. The predicted octanol–water partition coefficient (Wildman–Crippen LogP) is 17.0. The Morgan fingerprint density at radius 1 is 0.306 bits per heavy atom. The molecule has 10 aromatic rings. The standard InChI is InChI=1S/C61H45N/c1-61(2)57-28-13-11-25-55(57)60-54(27-16-29-58(60)61)53-40-35-47(41-56(53)45-19-7-4-8-20-45)42-31-36-48(37-32-42)62(59-30-14-12-24-52(59)44-17-5-3-6-18-44)49-38-33-46(34-39-49)51-26-15-22-43-21-9-10-23-50(43)51/h3-41H,1-2H3. The number of para-hydroxylation sites is 1. The largest absolute Gasteiger partial charge is 0.310 e. The summed E-state index contributed by atoms with van der Waals surface area (Å²) in [7, 11) is 0. The molecule has 0 heterocycles. The molecule has 1 aliphatic rings. The number of fused-ring (bicyclic) bond motifs is 4. The van der Waals surface area contributed by atoms with E-state index in [9.17, 15) is 0 Å². The highest BCUT2D eigenvalue weighted by Crippen LogP contribution is 2.53. The molecule has 0 aliphatic heterocycles. The molecule has 62 heavy (non-hydrogen) atoms. The van der Waals surface area contributed by atoms with Crippen molar-refractivity contribution >= 4 is 27.8 Å². The van der Waals surface area contributed by atoms with Gasteiger partial charge in [-0.15, -0.1) is 0 Å². The van der Waals surface area contributed by atoms with Crippen LogP contribution in [0.15, 0.2) is 237 Å². The average Bonchev–Trinajstić information content (AvgIpc) is 3.58. The molecule has 294 valence electrons. The maximum atomic E-state index is 2.40. The van der Waals surface area contributed by atoms with E-state index in [-0.39, 0.29) is 5.41 Å². The third-order valence-corrected chi connectivity index (χ3v) is 12.9. The van der Waals surface area contributed by atoms with Gasteiger partial charge in [-0.3, -0.25) is 0 Å². The second-order valence-corrected chi connectivity index (χ2v) is 16.9. The number of benzene rings is 10. The summed E-state index contributed by atoms with van der Waals surface area (Å²) in [4.78, 5) is 2.40. The van der Waals surface area contributed by atoms with Crippen LogP contribution >= 0.6 is 0 Å². The van der Waals surface area contributed by atoms with Gasteiger partial charge in [0.25, 0.3) is 0 Å². The fourth-order valence-electron chi connectivity index (χ4n) is 9.82. The van der Waals surface area contributed by atoms with Gasteiger partial charge in [0, 0.05) is 22.4 Å². The molecule has 0 unspecified atom stereocenters. The van der Waals surface area contributed by atoms with Crippen LogP contribution in [0.2, 0.25) is 0 Å². The predicted molar refractivity (Wildman–Crippen MR) is 263 cm³/mol. The van der Waals surface area contributed by atoms with Crippen molar-refractivity contribution in [3.05, 3.63) is 248 Å². The van der Waals surface area contributed by atoms with E-state index in [2.05, 4.69) is 255 Å². The van der Waals surface area contributed by atoms with Gasteiger partial charge in [-0.2, -0.15) is 0 Å². The van der Waals surface area contributed by atoms with Crippen LogP contribution in [-0.4, -0.2) is 0 Å². The van der Waals surface area contributed by atoms with E-state index >= 15 is 0 Å². The second-order valence-electron chi connectivity index (χ2n) is 16.9. The first-order valence-corrected chi connectivity index (χ1v) is 21.6. The summed E-state index contributed by atoms with van der Waals surface area (Å²) in [6.45, 7) is 4.71. The van der Waals surface area contributed by atoms with Crippen molar-refractivity contribution in [2.24, 2.45) is 0 Å². The summed E-state index contributed by atoms with van der Waals surface area (Å²) in [6, 6.07) is 86.5. The van der Waals surface area contributed by atoms with Crippen LogP contribution in [0.1, 0.15) is 25.0 Å². The van der Waals surface area contributed by atoms with Crippen molar-refractivity contribution in [2.45, 2.75) is 19.3 Å². The van der Waals surface area contributed by atoms with Crippen LogP contribution in [0.4, 0.5) is 17.1 Å². The molecule has 0 N–H and O–H groups in total. The maximum absolute atomic E-state index is 2.40. The van der Waals surface area contributed by atoms with Crippen LogP contribution in [0, 0.1) is 0 Å². The number of rotatable bonds is 8. The normalized spacial score (nSPS) is 12.5. The number of hydrogen-bond acceptors (Lipinski definition) is 1. The Labute approximate surface area is 364 Å². The van der Waals surface area contributed by atoms with Gasteiger partial charge in [0.15, 0.2) is 0 Å². The van der Waals surface area contributed by atoms with Crippen LogP contribution in [0.25, 0.3) is 77.5 Å². The highest BCUT2D eigenvalue weighted by Gasteiger charge is 2.36. The fraction of sp³-hybridized carbons (Fsp3) is 0.0492. The van der Waals surface area contributed by atoms with Gasteiger partial charge in [-0.25, -0.2) is 0 Å². The zero-order valence-electron chi connectivity index (χ0n) is 35.0. The Kier molecular flexibility index (Phi) is 9.24. The van der Waals surface area contributed by atoms with Crippen LogP contribution < -0.4 is 4.90 Å². The molecule has 0 fully saturated rings. The molecule has 0 bridgehead atoms. The molecule has 10 aromatic carbocycles.